The van der Waals surface area contributed by atoms with E-state index in [0.29, 0.717) is 0 Å². The monoisotopic (exact) mass is 249 g/mol. The summed E-state index contributed by atoms with van der Waals surface area (Å²) in [5.74, 6) is -0.269. The van der Waals surface area contributed by atoms with Crippen molar-refractivity contribution in [2.45, 2.75) is 4.90 Å². The molecule has 0 aliphatic carbocycles. The van der Waals surface area contributed by atoms with Gasteiger partial charge in [-0.2, -0.15) is 8.42 Å². The summed E-state index contributed by atoms with van der Waals surface area (Å²) in [7, 11) is -3.40. The quantitative estimate of drug-likeness (QED) is 0.640. The van der Waals surface area contributed by atoms with Gasteiger partial charge in [-0.1, -0.05) is 11.6 Å². The van der Waals surface area contributed by atoms with Crippen molar-refractivity contribution >= 4 is 27.4 Å². The van der Waals surface area contributed by atoms with Crippen LogP contribution in [0.15, 0.2) is 17.0 Å². The largest absolute Gasteiger partial charge is 0.493 e. The van der Waals surface area contributed by atoms with Crippen molar-refractivity contribution in [3.63, 3.8) is 0 Å². The number of methoxy groups -OCH3 is 1. The van der Waals surface area contributed by atoms with E-state index in [4.69, 9.17) is 26.3 Å². The molecule has 6 nitrogen and oxygen atoms in total. The van der Waals surface area contributed by atoms with Crippen LogP contribution in [-0.4, -0.2) is 20.1 Å². The average Bonchev–Trinajstić information content (AvgIpc) is 2.15. The molecule has 0 saturated carbocycles. The van der Waals surface area contributed by atoms with Gasteiger partial charge in [0.2, 0.25) is 10.3 Å². The highest BCUT2D eigenvalue weighted by molar-refractivity contribution is 7.86. The molecular formula is C7H6ClN2O4S+. The summed E-state index contributed by atoms with van der Waals surface area (Å²) in [6.07, 6.45) is 0. The lowest BCUT2D eigenvalue weighted by Crippen LogP contribution is -2.02. The number of hydrogen-bond acceptors (Lipinski definition) is 4. The SMILES string of the molecule is COc1c(Cl)ccc([N+]#N)c1S(=O)(=O)O. The molecule has 0 heterocycles. The second-order valence-electron chi connectivity index (χ2n) is 2.50. The Kier molecular flexibility index (Phi) is 3.14. The highest BCUT2D eigenvalue weighted by atomic mass is 35.5. The van der Waals surface area contributed by atoms with Crippen LogP contribution in [0.3, 0.4) is 0 Å². The zero-order valence-electron chi connectivity index (χ0n) is 7.51. The minimum absolute atomic E-state index is 0.0162. The number of nitrogens with zero attached hydrogens (tertiary/aromatic N) is 2. The first kappa shape index (κ1) is 11.7. The number of halogens is 1. The van der Waals surface area contributed by atoms with E-state index in [0.717, 1.165) is 6.07 Å². The summed E-state index contributed by atoms with van der Waals surface area (Å²) in [6.45, 7) is 0. The first-order chi connectivity index (χ1) is 6.91. The highest BCUT2D eigenvalue weighted by Crippen LogP contribution is 2.38. The Morgan fingerprint density at radius 2 is 2.13 bits per heavy atom. The lowest BCUT2D eigenvalue weighted by molar-refractivity contribution is 0.398. The first-order valence-electron chi connectivity index (χ1n) is 3.61. The van der Waals surface area contributed by atoms with Crippen molar-refractivity contribution in [1.29, 1.82) is 5.39 Å². The molecule has 0 saturated heterocycles. The Labute approximate surface area is 90.8 Å². The molecule has 0 aromatic heterocycles. The van der Waals surface area contributed by atoms with Crippen LogP contribution in [-0.2, 0) is 10.1 Å². The molecule has 0 amide bonds. The van der Waals surface area contributed by atoms with Gasteiger partial charge in [0.1, 0.15) is 0 Å². The maximum absolute atomic E-state index is 11.0. The molecule has 15 heavy (non-hydrogen) atoms. The van der Waals surface area contributed by atoms with Gasteiger partial charge in [-0.15, -0.1) is 0 Å². The Hall–Kier alpha value is -1.36. The van der Waals surface area contributed by atoms with Gasteiger partial charge < -0.3 is 4.74 Å². The van der Waals surface area contributed by atoms with Gasteiger partial charge in [0.25, 0.3) is 0 Å². The summed E-state index contributed by atoms with van der Waals surface area (Å²) in [5.41, 5.74) is -0.348. The average molecular weight is 250 g/mol. The smallest absolute Gasteiger partial charge is 0.409 e. The third-order valence-electron chi connectivity index (χ3n) is 1.61. The summed E-state index contributed by atoms with van der Waals surface area (Å²) in [5, 5.41) is 8.53. The van der Waals surface area contributed by atoms with Crippen molar-refractivity contribution in [3.05, 3.63) is 22.1 Å². The molecule has 0 fully saturated rings. The molecule has 80 valence electrons. The molecule has 0 atom stereocenters. The number of ether oxygens (including phenoxy) is 1. The molecule has 0 aliphatic rings. The summed E-state index contributed by atoms with van der Waals surface area (Å²) in [6, 6.07) is 2.41. The van der Waals surface area contributed by atoms with Gasteiger partial charge in [-0.25, -0.2) is 0 Å². The summed E-state index contributed by atoms with van der Waals surface area (Å²) < 4.78 is 35.6. The minimum Gasteiger partial charge on any atom is -0.493 e. The van der Waals surface area contributed by atoms with Gasteiger partial charge in [0, 0.05) is 6.07 Å². The number of hydrogen-bond donors (Lipinski definition) is 1. The summed E-state index contributed by atoms with van der Waals surface area (Å²) >= 11 is 5.64. The van der Waals surface area contributed by atoms with E-state index in [1.807, 2.05) is 0 Å². The van der Waals surface area contributed by atoms with E-state index in [2.05, 4.69) is 4.98 Å². The van der Waals surface area contributed by atoms with Crippen LogP contribution in [0.25, 0.3) is 4.98 Å². The van der Waals surface area contributed by atoms with Crippen molar-refractivity contribution in [2.75, 3.05) is 7.11 Å². The van der Waals surface area contributed by atoms with Crippen molar-refractivity contribution < 1.29 is 17.7 Å². The standard InChI is InChI=1S/C7H5ClN2O4S/c1-14-6-4(8)2-3-5(10-9)7(6)15(11,12)13/h2-3H,1H3/p+1. The van der Waals surface area contributed by atoms with Crippen LogP contribution >= 0.6 is 11.6 Å². The van der Waals surface area contributed by atoms with Crippen LogP contribution < -0.4 is 4.74 Å². The van der Waals surface area contributed by atoms with E-state index < -0.39 is 15.0 Å². The fraction of sp³-hybridized carbons (Fsp3) is 0.143. The normalized spacial score (nSPS) is 10.8. The topological polar surface area (TPSA) is 91.8 Å². The zero-order valence-corrected chi connectivity index (χ0v) is 9.08. The van der Waals surface area contributed by atoms with E-state index >= 15 is 0 Å². The minimum atomic E-state index is -4.57. The van der Waals surface area contributed by atoms with Crippen molar-refractivity contribution in [1.82, 2.24) is 0 Å². The lowest BCUT2D eigenvalue weighted by Gasteiger charge is -2.04. The maximum Gasteiger partial charge on any atom is 0.409 e. The Morgan fingerprint density at radius 1 is 1.53 bits per heavy atom. The van der Waals surface area contributed by atoms with E-state index in [-0.39, 0.29) is 16.5 Å². The van der Waals surface area contributed by atoms with Gasteiger partial charge in [0.15, 0.2) is 10.7 Å². The molecule has 1 aromatic carbocycles. The predicted molar refractivity (Wildman–Crippen MR) is 52.6 cm³/mol. The zero-order chi connectivity index (χ0) is 11.6. The highest BCUT2D eigenvalue weighted by Gasteiger charge is 2.31. The number of benzene rings is 1. The molecule has 0 radical (unpaired) electrons. The van der Waals surface area contributed by atoms with Crippen molar-refractivity contribution in [3.8, 4) is 5.75 Å². The Balaban J connectivity index is 3.73. The molecule has 8 heteroatoms. The van der Waals surface area contributed by atoms with E-state index in [1.54, 1.807) is 0 Å². The molecular weight excluding hydrogens is 244 g/mol. The second kappa shape index (κ2) is 4.02. The molecule has 1 N–H and O–H groups in total. The molecule has 1 rings (SSSR count). The number of diazo groups is 1. The van der Waals surface area contributed by atoms with Gasteiger partial charge in [0.05, 0.1) is 12.1 Å². The third kappa shape index (κ3) is 2.18. The molecule has 0 spiro atoms. The lowest BCUT2D eigenvalue weighted by atomic mass is 10.3. The first-order valence-corrected chi connectivity index (χ1v) is 5.42. The third-order valence-corrected chi connectivity index (χ3v) is 2.82. The van der Waals surface area contributed by atoms with Gasteiger partial charge in [-0.3, -0.25) is 4.55 Å². The second-order valence-corrected chi connectivity index (χ2v) is 4.27. The Bertz CT molecular complexity index is 535. The van der Waals surface area contributed by atoms with Gasteiger partial charge >= 0.3 is 15.8 Å². The molecule has 1 aromatic rings. The van der Waals surface area contributed by atoms with Crippen molar-refractivity contribution in [2.24, 2.45) is 0 Å². The fourth-order valence-corrected chi connectivity index (χ4v) is 2.14. The summed E-state index contributed by atoms with van der Waals surface area (Å²) in [4.78, 5) is 2.04. The molecule has 0 unspecified atom stereocenters. The van der Waals surface area contributed by atoms with Gasteiger partial charge in [-0.05, 0) is 6.07 Å². The van der Waals surface area contributed by atoms with Crippen LogP contribution in [0.1, 0.15) is 0 Å². The van der Waals surface area contributed by atoms with E-state index in [9.17, 15) is 8.42 Å². The Morgan fingerprint density at radius 3 is 2.53 bits per heavy atom. The van der Waals surface area contributed by atoms with Crippen LogP contribution in [0.5, 0.6) is 5.75 Å². The van der Waals surface area contributed by atoms with Crippen LogP contribution in [0.4, 0.5) is 5.69 Å². The fourth-order valence-electron chi connectivity index (χ4n) is 1.05. The predicted octanol–water partition coefficient (Wildman–Crippen LogP) is 2.08. The molecule has 0 bridgehead atoms. The van der Waals surface area contributed by atoms with Crippen LogP contribution in [0.2, 0.25) is 5.02 Å². The van der Waals surface area contributed by atoms with E-state index in [1.165, 1.54) is 13.2 Å². The maximum atomic E-state index is 11.0. The molecule has 0 aliphatic heterocycles. The van der Waals surface area contributed by atoms with Crippen LogP contribution in [0, 0.1) is 5.39 Å². The number of rotatable bonds is 2.